The van der Waals surface area contributed by atoms with Crippen molar-refractivity contribution < 1.29 is 19.4 Å². The smallest absolute Gasteiger partial charge is 0.343 e. The molecule has 2 aliphatic rings. The molecule has 0 fully saturated rings. The van der Waals surface area contributed by atoms with Gasteiger partial charge in [0.1, 0.15) is 11.3 Å². The van der Waals surface area contributed by atoms with Gasteiger partial charge in [0.2, 0.25) is 0 Å². The Kier molecular flexibility index (Phi) is 3.55. The zero-order valence-electron chi connectivity index (χ0n) is 10.7. The van der Waals surface area contributed by atoms with Gasteiger partial charge in [-0.25, -0.2) is 4.79 Å². The fourth-order valence-corrected chi connectivity index (χ4v) is 2.16. The molecule has 0 aromatic rings. The number of nitrogens with one attached hydrogen (secondary N) is 1. The molecule has 0 spiro atoms. The molecule has 100 valence electrons. The quantitative estimate of drug-likeness (QED) is 0.337. The second kappa shape index (κ2) is 5.14. The minimum absolute atomic E-state index is 0.000366. The SMILES string of the molecule is COC(=O)/C(C(C)=O)=C1/C=CC2C=CC=C(O)C2N1. The van der Waals surface area contributed by atoms with Crippen LogP contribution in [0.4, 0.5) is 0 Å². The highest BCUT2D eigenvalue weighted by molar-refractivity contribution is 6.17. The van der Waals surface area contributed by atoms with Gasteiger partial charge < -0.3 is 15.2 Å². The Balaban J connectivity index is 2.41. The Hall–Kier alpha value is -2.30. The second-order valence-corrected chi connectivity index (χ2v) is 4.37. The molecule has 0 aromatic carbocycles. The molecule has 0 saturated heterocycles. The van der Waals surface area contributed by atoms with Crippen molar-refractivity contribution in [3.05, 3.63) is 47.4 Å². The number of hydrogen-bond acceptors (Lipinski definition) is 5. The number of esters is 1. The molecule has 0 bridgehead atoms. The molecule has 2 unspecified atom stereocenters. The summed E-state index contributed by atoms with van der Waals surface area (Å²) in [7, 11) is 1.22. The van der Waals surface area contributed by atoms with E-state index in [2.05, 4.69) is 10.1 Å². The number of hydrogen-bond donors (Lipinski definition) is 2. The van der Waals surface area contributed by atoms with Crippen LogP contribution in [0.25, 0.3) is 0 Å². The molecule has 0 radical (unpaired) electrons. The van der Waals surface area contributed by atoms with Crippen LogP contribution in [0.5, 0.6) is 0 Å². The predicted octanol–water partition coefficient (Wildman–Crippen LogP) is 1.16. The number of aliphatic hydroxyl groups is 1. The van der Waals surface area contributed by atoms with Crippen molar-refractivity contribution in [1.29, 1.82) is 0 Å². The highest BCUT2D eigenvalue weighted by Crippen LogP contribution is 2.25. The van der Waals surface area contributed by atoms with Gasteiger partial charge in [0, 0.05) is 5.92 Å². The third kappa shape index (κ3) is 2.45. The first-order valence-corrected chi connectivity index (χ1v) is 5.90. The lowest BCUT2D eigenvalue weighted by atomic mass is 9.89. The van der Waals surface area contributed by atoms with Crippen molar-refractivity contribution in [1.82, 2.24) is 5.32 Å². The maximum atomic E-state index is 11.6. The first-order valence-electron chi connectivity index (χ1n) is 5.90. The first-order chi connectivity index (χ1) is 9.04. The summed E-state index contributed by atoms with van der Waals surface area (Å²) in [6.07, 6.45) is 8.77. The first kappa shape index (κ1) is 13.1. The van der Waals surface area contributed by atoms with Crippen molar-refractivity contribution in [2.24, 2.45) is 5.92 Å². The van der Waals surface area contributed by atoms with E-state index in [1.807, 2.05) is 12.2 Å². The van der Waals surface area contributed by atoms with E-state index in [0.717, 1.165) is 0 Å². The minimum Gasteiger partial charge on any atom is -0.510 e. The molecule has 19 heavy (non-hydrogen) atoms. The summed E-state index contributed by atoms with van der Waals surface area (Å²) < 4.78 is 4.61. The van der Waals surface area contributed by atoms with Gasteiger partial charge in [-0.05, 0) is 19.1 Å². The van der Waals surface area contributed by atoms with E-state index >= 15 is 0 Å². The maximum absolute atomic E-state index is 11.6. The van der Waals surface area contributed by atoms with Crippen molar-refractivity contribution >= 4 is 11.8 Å². The number of methoxy groups -OCH3 is 1. The van der Waals surface area contributed by atoms with E-state index < -0.39 is 5.97 Å². The largest absolute Gasteiger partial charge is 0.510 e. The van der Waals surface area contributed by atoms with Crippen LogP contribution in [0.1, 0.15) is 6.92 Å². The third-order valence-electron chi connectivity index (χ3n) is 3.11. The van der Waals surface area contributed by atoms with Crippen LogP contribution >= 0.6 is 0 Å². The summed E-state index contributed by atoms with van der Waals surface area (Å²) in [4.78, 5) is 23.2. The average Bonchev–Trinajstić information content (AvgIpc) is 2.39. The van der Waals surface area contributed by atoms with Crippen molar-refractivity contribution in [2.75, 3.05) is 7.11 Å². The van der Waals surface area contributed by atoms with Crippen LogP contribution in [0, 0.1) is 5.92 Å². The number of aliphatic hydroxyl groups excluding tert-OH is 1. The number of fused-ring (bicyclic) bond motifs is 1. The lowest BCUT2D eigenvalue weighted by Gasteiger charge is -2.31. The summed E-state index contributed by atoms with van der Waals surface area (Å²) in [5.41, 5.74) is 0.329. The zero-order chi connectivity index (χ0) is 14.0. The molecule has 5 heteroatoms. The average molecular weight is 261 g/mol. The normalized spacial score (nSPS) is 26.9. The van der Waals surface area contributed by atoms with Gasteiger partial charge in [-0.2, -0.15) is 0 Å². The Morgan fingerprint density at radius 1 is 1.37 bits per heavy atom. The van der Waals surface area contributed by atoms with E-state index in [1.165, 1.54) is 14.0 Å². The summed E-state index contributed by atoms with van der Waals surface area (Å²) in [5.74, 6) is -0.901. The standard InChI is InChI=1S/C14H15NO4/c1-8(16)12(14(18)19-2)10-7-6-9-4-3-5-11(17)13(9)15-10/h3-7,9,13,15,17H,1-2H3/b12-10-. The summed E-state index contributed by atoms with van der Waals surface area (Å²) >= 11 is 0. The van der Waals surface area contributed by atoms with Crippen molar-refractivity contribution in [3.8, 4) is 0 Å². The van der Waals surface area contributed by atoms with Gasteiger partial charge >= 0.3 is 5.97 Å². The molecule has 1 aliphatic heterocycles. The van der Waals surface area contributed by atoms with Crippen LogP contribution in [-0.4, -0.2) is 30.0 Å². The minimum atomic E-state index is -0.687. The summed E-state index contributed by atoms with van der Waals surface area (Å²) in [6, 6.07) is -0.357. The van der Waals surface area contributed by atoms with E-state index in [0.29, 0.717) is 5.70 Å². The van der Waals surface area contributed by atoms with Crippen molar-refractivity contribution in [3.63, 3.8) is 0 Å². The van der Waals surface area contributed by atoms with Gasteiger partial charge in [-0.1, -0.05) is 18.2 Å². The maximum Gasteiger partial charge on any atom is 0.343 e. The number of carbonyl (C=O) groups excluding carboxylic acids is 2. The van der Waals surface area contributed by atoms with E-state index in [9.17, 15) is 14.7 Å². The third-order valence-corrected chi connectivity index (χ3v) is 3.11. The highest BCUT2D eigenvalue weighted by atomic mass is 16.5. The number of carbonyl (C=O) groups is 2. The van der Waals surface area contributed by atoms with Crippen LogP contribution < -0.4 is 5.32 Å². The fraction of sp³-hybridized carbons (Fsp3) is 0.286. The van der Waals surface area contributed by atoms with E-state index in [-0.39, 0.29) is 29.1 Å². The summed E-state index contributed by atoms with van der Waals surface area (Å²) in [6.45, 7) is 1.30. The van der Waals surface area contributed by atoms with E-state index in [1.54, 1.807) is 18.2 Å². The second-order valence-electron chi connectivity index (χ2n) is 4.37. The molecule has 0 saturated carbocycles. The molecular weight excluding hydrogens is 246 g/mol. The van der Waals surface area contributed by atoms with Gasteiger partial charge in [-0.15, -0.1) is 0 Å². The molecule has 0 amide bonds. The molecule has 1 aliphatic carbocycles. The van der Waals surface area contributed by atoms with Gasteiger partial charge in [0.15, 0.2) is 5.78 Å². The number of allylic oxidation sites excluding steroid dienone is 3. The fourth-order valence-electron chi connectivity index (χ4n) is 2.16. The van der Waals surface area contributed by atoms with Gasteiger partial charge in [0.25, 0.3) is 0 Å². The Morgan fingerprint density at radius 2 is 2.11 bits per heavy atom. The van der Waals surface area contributed by atoms with Gasteiger partial charge in [-0.3, -0.25) is 4.79 Å². The molecular formula is C14H15NO4. The summed E-state index contributed by atoms with van der Waals surface area (Å²) in [5, 5.41) is 12.8. The lowest BCUT2D eigenvalue weighted by molar-refractivity contribution is -0.137. The Morgan fingerprint density at radius 3 is 2.74 bits per heavy atom. The van der Waals surface area contributed by atoms with E-state index in [4.69, 9.17) is 0 Å². The number of Topliss-reactive ketones (excluding diaryl/α,β-unsaturated/α-hetero) is 1. The van der Waals surface area contributed by atoms with Gasteiger partial charge in [0.05, 0.1) is 18.8 Å². The zero-order valence-corrected chi connectivity index (χ0v) is 10.7. The van der Waals surface area contributed by atoms with Crippen LogP contribution in [0.15, 0.2) is 47.4 Å². The number of ether oxygens (including phenoxy) is 1. The Bertz CT molecular complexity index is 540. The predicted molar refractivity (Wildman–Crippen MR) is 69.1 cm³/mol. The Labute approximate surface area is 110 Å². The van der Waals surface area contributed by atoms with Crippen molar-refractivity contribution in [2.45, 2.75) is 13.0 Å². The molecule has 5 nitrogen and oxygen atoms in total. The molecule has 0 aromatic heterocycles. The number of rotatable bonds is 2. The highest BCUT2D eigenvalue weighted by Gasteiger charge is 2.30. The lowest BCUT2D eigenvalue weighted by Crippen LogP contribution is -2.40. The van der Waals surface area contributed by atoms with Crippen LogP contribution in [0.2, 0.25) is 0 Å². The molecule has 2 N–H and O–H groups in total. The monoisotopic (exact) mass is 261 g/mol. The number of ketones is 1. The topological polar surface area (TPSA) is 75.6 Å². The van der Waals surface area contributed by atoms with Crippen LogP contribution in [-0.2, 0) is 14.3 Å². The van der Waals surface area contributed by atoms with Crippen LogP contribution in [0.3, 0.4) is 0 Å². The molecule has 2 atom stereocenters. The molecule has 2 rings (SSSR count). The molecule has 1 heterocycles.